The molecule has 192 valence electrons. The molecule has 1 fully saturated rings. The van der Waals surface area contributed by atoms with Gasteiger partial charge in [-0.1, -0.05) is 30.5 Å². The Morgan fingerprint density at radius 2 is 1.72 bits per heavy atom. The summed E-state index contributed by atoms with van der Waals surface area (Å²) >= 11 is 0. The van der Waals surface area contributed by atoms with E-state index < -0.39 is 28.7 Å². The fourth-order valence-corrected chi connectivity index (χ4v) is 5.26. The van der Waals surface area contributed by atoms with Gasteiger partial charge in [-0.05, 0) is 51.0 Å². The summed E-state index contributed by atoms with van der Waals surface area (Å²) in [7, 11) is -1.78. The largest absolute Gasteiger partial charge is 0.454 e. The Hall–Kier alpha value is -3.40. The van der Waals surface area contributed by atoms with Gasteiger partial charge < -0.3 is 20.1 Å². The zero-order chi connectivity index (χ0) is 25.7. The Bertz CT molecular complexity index is 1150. The molecular formula is C26H31N3O6S. The van der Waals surface area contributed by atoms with E-state index in [1.165, 1.54) is 4.90 Å². The molecule has 1 saturated carbocycles. The third-order valence-corrected chi connectivity index (χ3v) is 7.44. The van der Waals surface area contributed by atoms with E-state index in [2.05, 4.69) is 10.6 Å². The van der Waals surface area contributed by atoms with E-state index in [4.69, 9.17) is 9.47 Å². The molecule has 0 saturated heterocycles. The first kappa shape index (κ1) is 25.7. The van der Waals surface area contributed by atoms with Crippen LogP contribution in [0.3, 0.4) is 0 Å². The molecule has 2 N–H and O–H groups in total. The summed E-state index contributed by atoms with van der Waals surface area (Å²) < 4.78 is 23.3. The minimum Gasteiger partial charge on any atom is -0.454 e. The second kappa shape index (κ2) is 11.6. The van der Waals surface area contributed by atoms with Crippen molar-refractivity contribution in [3.8, 4) is 11.5 Å². The van der Waals surface area contributed by atoms with Gasteiger partial charge in [0, 0.05) is 34.3 Å². The minimum absolute atomic E-state index is 0.115. The number of benzene rings is 2. The molecule has 1 aliphatic carbocycles. The van der Waals surface area contributed by atoms with Gasteiger partial charge in [-0.25, -0.2) is 0 Å². The van der Waals surface area contributed by atoms with E-state index in [9.17, 15) is 18.6 Å². The van der Waals surface area contributed by atoms with E-state index >= 15 is 0 Å². The molecule has 1 aliphatic heterocycles. The van der Waals surface area contributed by atoms with Gasteiger partial charge in [0.1, 0.15) is 17.5 Å². The number of hydrogen-bond acceptors (Lipinski definition) is 6. The predicted octanol–water partition coefficient (Wildman–Crippen LogP) is 2.89. The molecule has 9 nitrogen and oxygen atoms in total. The number of hydrogen-bond donors (Lipinski definition) is 2. The lowest BCUT2D eigenvalue weighted by molar-refractivity contribution is -0.125. The molecule has 0 bridgehead atoms. The molecule has 0 spiro atoms. The van der Waals surface area contributed by atoms with Crippen LogP contribution in [0, 0.1) is 6.92 Å². The maximum atomic E-state index is 13.3. The smallest absolute Gasteiger partial charge is 0.243 e. The predicted molar refractivity (Wildman–Crippen MR) is 138 cm³/mol. The van der Waals surface area contributed by atoms with Gasteiger partial charge in [0.25, 0.3) is 0 Å². The Kier molecular flexibility index (Phi) is 8.25. The van der Waals surface area contributed by atoms with E-state index in [-0.39, 0.29) is 30.2 Å². The van der Waals surface area contributed by atoms with Gasteiger partial charge in [0.2, 0.25) is 24.5 Å². The lowest BCUT2D eigenvalue weighted by Crippen LogP contribution is -2.51. The van der Waals surface area contributed by atoms with E-state index in [0.717, 1.165) is 31.2 Å². The molecule has 0 unspecified atom stereocenters. The molecule has 2 aromatic carbocycles. The Labute approximate surface area is 213 Å². The van der Waals surface area contributed by atoms with Crippen LogP contribution in [0.15, 0.2) is 42.5 Å². The molecule has 0 aromatic heterocycles. The summed E-state index contributed by atoms with van der Waals surface area (Å²) in [5.74, 6) is -0.862. The fraction of sp³-hybridized carbons (Fsp3) is 0.423. The second-order valence-electron chi connectivity index (χ2n) is 9.11. The summed E-state index contributed by atoms with van der Waals surface area (Å²) in [5, 5.41) is 5.70. The molecule has 36 heavy (non-hydrogen) atoms. The van der Waals surface area contributed by atoms with Crippen molar-refractivity contribution < 1.29 is 28.1 Å². The van der Waals surface area contributed by atoms with Gasteiger partial charge in [0.05, 0.1) is 0 Å². The SMILES string of the molecule is Cc1ccc(N(C(=O)C[S@](=O)CC(=O)Nc2ccc3c(c2)OCO3)[C@H](C)C(=O)NC2CCCC2)cc1. The lowest BCUT2D eigenvalue weighted by atomic mass is 10.1. The molecule has 4 rings (SSSR count). The quantitative estimate of drug-likeness (QED) is 0.533. The first-order valence-electron chi connectivity index (χ1n) is 12.0. The maximum Gasteiger partial charge on any atom is 0.243 e. The van der Waals surface area contributed by atoms with Crippen molar-refractivity contribution >= 4 is 39.9 Å². The molecule has 3 amide bonds. The number of anilines is 2. The van der Waals surface area contributed by atoms with Crippen molar-refractivity contribution in [3.63, 3.8) is 0 Å². The normalized spacial score (nSPS) is 16.3. The highest BCUT2D eigenvalue weighted by Crippen LogP contribution is 2.34. The average Bonchev–Trinajstić information content (AvgIpc) is 3.51. The average molecular weight is 514 g/mol. The molecule has 0 radical (unpaired) electrons. The van der Waals surface area contributed by atoms with Crippen LogP contribution in [0.1, 0.15) is 38.2 Å². The summed E-state index contributed by atoms with van der Waals surface area (Å²) in [4.78, 5) is 40.1. The van der Waals surface area contributed by atoms with Gasteiger partial charge >= 0.3 is 0 Å². The van der Waals surface area contributed by atoms with Gasteiger partial charge in [0.15, 0.2) is 11.5 Å². The van der Waals surface area contributed by atoms with Gasteiger partial charge in [-0.15, -0.1) is 0 Å². The van der Waals surface area contributed by atoms with Crippen LogP contribution in [-0.4, -0.2) is 52.3 Å². The Morgan fingerprint density at radius 3 is 2.44 bits per heavy atom. The van der Waals surface area contributed by atoms with Crippen LogP contribution >= 0.6 is 0 Å². The van der Waals surface area contributed by atoms with Crippen LogP contribution in [0.4, 0.5) is 11.4 Å². The highest BCUT2D eigenvalue weighted by Gasteiger charge is 2.30. The number of aryl methyl sites for hydroxylation is 1. The minimum atomic E-state index is -1.78. The number of carbonyl (C=O) groups excluding carboxylic acids is 3. The van der Waals surface area contributed by atoms with E-state index in [1.54, 1.807) is 37.3 Å². The topological polar surface area (TPSA) is 114 Å². The Balaban J connectivity index is 1.39. The van der Waals surface area contributed by atoms with Crippen molar-refractivity contribution in [2.45, 2.75) is 51.6 Å². The molecule has 1 heterocycles. The summed E-state index contributed by atoms with van der Waals surface area (Å²) in [6.07, 6.45) is 4.01. The van der Waals surface area contributed by atoms with Crippen molar-refractivity contribution in [1.82, 2.24) is 5.32 Å². The van der Waals surface area contributed by atoms with Crippen molar-refractivity contribution in [2.24, 2.45) is 0 Å². The number of rotatable bonds is 9. The zero-order valence-electron chi connectivity index (χ0n) is 20.5. The monoisotopic (exact) mass is 513 g/mol. The first-order valence-corrected chi connectivity index (χ1v) is 13.5. The third-order valence-electron chi connectivity index (χ3n) is 6.28. The standard InChI is InChI=1S/C26H31N3O6S/c1-17-7-10-21(11-8-17)29(18(2)26(32)28-19-5-3-4-6-19)25(31)15-36(33)14-24(30)27-20-9-12-22-23(13-20)35-16-34-22/h7-13,18-19H,3-6,14-16H2,1-2H3,(H,27,30)(H,28,32)/t18-,36-/m1/s1. The number of nitrogens with zero attached hydrogens (tertiary/aromatic N) is 1. The van der Waals surface area contributed by atoms with Crippen molar-refractivity contribution in [3.05, 3.63) is 48.0 Å². The summed E-state index contributed by atoms with van der Waals surface area (Å²) in [6, 6.07) is 11.5. The number of amides is 3. The number of fused-ring (bicyclic) bond motifs is 1. The molecule has 2 atom stereocenters. The molecule has 10 heteroatoms. The van der Waals surface area contributed by atoms with Crippen LogP contribution in [-0.2, 0) is 25.2 Å². The highest BCUT2D eigenvalue weighted by atomic mass is 32.2. The summed E-state index contributed by atoms with van der Waals surface area (Å²) in [6.45, 7) is 3.71. The Morgan fingerprint density at radius 1 is 1.03 bits per heavy atom. The molecule has 2 aromatic rings. The zero-order valence-corrected chi connectivity index (χ0v) is 21.3. The van der Waals surface area contributed by atoms with Gasteiger partial charge in [-0.3, -0.25) is 23.5 Å². The van der Waals surface area contributed by atoms with Gasteiger partial charge in [-0.2, -0.15) is 0 Å². The third kappa shape index (κ3) is 6.42. The van der Waals surface area contributed by atoms with Crippen molar-refractivity contribution in [2.75, 3.05) is 28.5 Å². The van der Waals surface area contributed by atoms with Crippen LogP contribution in [0.25, 0.3) is 0 Å². The maximum absolute atomic E-state index is 13.3. The highest BCUT2D eigenvalue weighted by molar-refractivity contribution is 7.86. The fourth-order valence-electron chi connectivity index (χ4n) is 4.37. The number of nitrogens with one attached hydrogen (secondary N) is 2. The molecular weight excluding hydrogens is 482 g/mol. The first-order chi connectivity index (χ1) is 17.3. The summed E-state index contributed by atoms with van der Waals surface area (Å²) in [5.41, 5.74) is 2.03. The van der Waals surface area contributed by atoms with Crippen LogP contribution < -0.4 is 25.0 Å². The van der Waals surface area contributed by atoms with Crippen molar-refractivity contribution in [1.29, 1.82) is 0 Å². The van der Waals surface area contributed by atoms with E-state index in [0.29, 0.717) is 22.9 Å². The second-order valence-corrected chi connectivity index (χ2v) is 10.6. The molecule has 2 aliphatic rings. The number of ether oxygens (including phenoxy) is 2. The van der Waals surface area contributed by atoms with Crippen LogP contribution in [0.2, 0.25) is 0 Å². The lowest BCUT2D eigenvalue weighted by Gasteiger charge is -2.29. The van der Waals surface area contributed by atoms with Crippen LogP contribution in [0.5, 0.6) is 11.5 Å². The number of carbonyl (C=O) groups is 3. The van der Waals surface area contributed by atoms with E-state index in [1.807, 2.05) is 19.1 Å².